The molecule has 3 nitrogen and oxygen atoms in total. The molecule has 13 heavy (non-hydrogen) atoms. The third-order valence-corrected chi connectivity index (χ3v) is 1.91. The Hall–Kier alpha value is -1.51. The zero-order valence-corrected chi connectivity index (χ0v) is 7.77. The normalized spacial score (nSPS) is 11.0. The first-order chi connectivity index (χ1) is 6.27. The van der Waals surface area contributed by atoms with Gasteiger partial charge in [-0.3, -0.25) is 4.68 Å². The lowest BCUT2D eigenvalue weighted by atomic mass is 10.3. The van der Waals surface area contributed by atoms with Crippen LogP contribution in [0.2, 0.25) is 0 Å². The number of aromatic nitrogens is 2. The van der Waals surface area contributed by atoms with E-state index in [0.717, 1.165) is 11.5 Å². The van der Waals surface area contributed by atoms with Crippen LogP contribution in [0.4, 0.5) is 0 Å². The van der Waals surface area contributed by atoms with Crippen LogP contribution in [0.1, 0.15) is 19.9 Å². The van der Waals surface area contributed by atoms with Crippen molar-refractivity contribution >= 4 is 0 Å². The summed E-state index contributed by atoms with van der Waals surface area (Å²) in [5, 5.41) is 4.38. The molecular weight excluding hydrogens is 164 g/mol. The summed E-state index contributed by atoms with van der Waals surface area (Å²) in [4.78, 5) is 0. The van der Waals surface area contributed by atoms with E-state index in [1.165, 1.54) is 0 Å². The number of hydrogen-bond donors (Lipinski definition) is 0. The smallest absolute Gasteiger partial charge is 0.154 e. The summed E-state index contributed by atoms with van der Waals surface area (Å²) in [6.45, 7) is 4.19. The van der Waals surface area contributed by atoms with Gasteiger partial charge < -0.3 is 4.42 Å². The second kappa shape index (κ2) is 3.09. The van der Waals surface area contributed by atoms with Gasteiger partial charge in [0.25, 0.3) is 0 Å². The molecule has 0 aromatic carbocycles. The van der Waals surface area contributed by atoms with Crippen LogP contribution in [0.25, 0.3) is 11.5 Å². The van der Waals surface area contributed by atoms with Crippen LogP contribution in [0.15, 0.2) is 35.1 Å². The van der Waals surface area contributed by atoms with Gasteiger partial charge in [-0.2, -0.15) is 5.10 Å². The van der Waals surface area contributed by atoms with E-state index in [-0.39, 0.29) is 0 Å². The summed E-state index contributed by atoms with van der Waals surface area (Å²) < 4.78 is 7.15. The Labute approximate surface area is 77.0 Å². The van der Waals surface area contributed by atoms with Crippen LogP contribution in [-0.2, 0) is 0 Å². The van der Waals surface area contributed by atoms with Crippen LogP contribution in [0.5, 0.6) is 0 Å². The third-order valence-electron chi connectivity index (χ3n) is 1.91. The molecule has 68 valence electrons. The van der Waals surface area contributed by atoms with Crippen molar-refractivity contribution in [2.45, 2.75) is 19.9 Å². The van der Waals surface area contributed by atoms with Crippen LogP contribution in [0, 0.1) is 0 Å². The minimum absolute atomic E-state index is 0.392. The monoisotopic (exact) mass is 176 g/mol. The van der Waals surface area contributed by atoms with Crippen LogP contribution < -0.4 is 0 Å². The Morgan fingerprint density at radius 1 is 1.38 bits per heavy atom. The molecule has 0 fully saturated rings. The zero-order chi connectivity index (χ0) is 9.26. The lowest BCUT2D eigenvalue weighted by Gasteiger charge is -2.02. The number of nitrogens with zero attached hydrogens (tertiary/aromatic N) is 2. The molecule has 0 radical (unpaired) electrons. The van der Waals surface area contributed by atoms with Crippen molar-refractivity contribution in [3.05, 3.63) is 30.7 Å². The second-order valence-corrected chi connectivity index (χ2v) is 3.25. The highest BCUT2D eigenvalue weighted by Gasteiger charge is 2.05. The zero-order valence-electron chi connectivity index (χ0n) is 7.77. The Balaban J connectivity index is 2.33. The van der Waals surface area contributed by atoms with Gasteiger partial charge in [0, 0.05) is 12.2 Å². The fourth-order valence-corrected chi connectivity index (χ4v) is 1.18. The Bertz CT molecular complexity index is 373. The molecule has 2 aromatic heterocycles. The summed E-state index contributed by atoms with van der Waals surface area (Å²) in [5.41, 5.74) is 0.888. The highest BCUT2D eigenvalue weighted by molar-refractivity contribution is 5.50. The van der Waals surface area contributed by atoms with Crippen molar-refractivity contribution in [2.75, 3.05) is 0 Å². The molecule has 2 rings (SSSR count). The SMILES string of the molecule is CC(C)n1ccc(-c2ccco2)n1. The van der Waals surface area contributed by atoms with Gasteiger partial charge in [-0.1, -0.05) is 0 Å². The van der Waals surface area contributed by atoms with Crippen molar-refractivity contribution in [1.29, 1.82) is 0 Å². The first-order valence-corrected chi connectivity index (χ1v) is 4.36. The van der Waals surface area contributed by atoms with Crippen molar-refractivity contribution in [2.24, 2.45) is 0 Å². The fourth-order valence-electron chi connectivity index (χ4n) is 1.18. The topological polar surface area (TPSA) is 31.0 Å². The van der Waals surface area contributed by atoms with E-state index in [1.54, 1.807) is 6.26 Å². The van der Waals surface area contributed by atoms with Gasteiger partial charge in [-0.05, 0) is 32.0 Å². The van der Waals surface area contributed by atoms with E-state index in [2.05, 4.69) is 18.9 Å². The maximum atomic E-state index is 5.24. The van der Waals surface area contributed by atoms with Crippen molar-refractivity contribution < 1.29 is 4.42 Å². The van der Waals surface area contributed by atoms with E-state index in [1.807, 2.05) is 29.1 Å². The summed E-state index contributed by atoms with van der Waals surface area (Å²) in [5.74, 6) is 0.819. The molecule has 0 spiro atoms. The fraction of sp³-hybridized carbons (Fsp3) is 0.300. The molecule has 3 heteroatoms. The Morgan fingerprint density at radius 2 is 2.23 bits per heavy atom. The van der Waals surface area contributed by atoms with Gasteiger partial charge in [0.05, 0.1) is 6.26 Å². The van der Waals surface area contributed by atoms with Crippen LogP contribution >= 0.6 is 0 Å². The molecule has 0 unspecified atom stereocenters. The summed E-state index contributed by atoms with van der Waals surface area (Å²) in [7, 11) is 0. The van der Waals surface area contributed by atoms with E-state index in [9.17, 15) is 0 Å². The average Bonchev–Trinajstić information content (AvgIpc) is 2.75. The van der Waals surface area contributed by atoms with Gasteiger partial charge in [0.15, 0.2) is 5.76 Å². The summed E-state index contributed by atoms with van der Waals surface area (Å²) in [6.07, 6.45) is 3.62. The second-order valence-electron chi connectivity index (χ2n) is 3.25. The molecule has 2 heterocycles. The molecule has 0 amide bonds. The molecule has 0 bridgehead atoms. The average molecular weight is 176 g/mol. The Morgan fingerprint density at radius 3 is 2.77 bits per heavy atom. The van der Waals surface area contributed by atoms with Crippen molar-refractivity contribution in [3.8, 4) is 11.5 Å². The standard InChI is InChI=1S/C10H12N2O/c1-8(2)12-6-5-9(11-12)10-4-3-7-13-10/h3-8H,1-2H3. The van der Waals surface area contributed by atoms with Gasteiger partial charge >= 0.3 is 0 Å². The predicted octanol–water partition coefficient (Wildman–Crippen LogP) is 2.72. The third kappa shape index (κ3) is 1.49. The molecular formula is C10H12N2O. The molecule has 0 saturated heterocycles. The number of furan rings is 1. The molecule has 0 aliphatic heterocycles. The quantitative estimate of drug-likeness (QED) is 0.704. The van der Waals surface area contributed by atoms with E-state index < -0.39 is 0 Å². The van der Waals surface area contributed by atoms with Gasteiger partial charge in [0.2, 0.25) is 0 Å². The van der Waals surface area contributed by atoms with E-state index in [4.69, 9.17) is 4.42 Å². The molecule has 2 aromatic rings. The van der Waals surface area contributed by atoms with Gasteiger partial charge in [0.1, 0.15) is 5.69 Å². The molecule has 0 saturated carbocycles. The first kappa shape index (κ1) is 8.10. The summed E-state index contributed by atoms with van der Waals surface area (Å²) in [6, 6.07) is 6.12. The highest BCUT2D eigenvalue weighted by Crippen LogP contribution is 2.18. The van der Waals surface area contributed by atoms with Crippen molar-refractivity contribution in [3.63, 3.8) is 0 Å². The molecule has 0 aliphatic rings. The first-order valence-electron chi connectivity index (χ1n) is 4.36. The van der Waals surface area contributed by atoms with Crippen LogP contribution in [0.3, 0.4) is 0 Å². The molecule has 0 aliphatic carbocycles. The van der Waals surface area contributed by atoms with E-state index >= 15 is 0 Å². The lowest BCUT2D eigenvalue weighted by Crippen LogP contribution is -2.00. The largest absolute Gasteiger partial charge is 0.463 e. The molecule has 0 N–H and O–H groups in total. The minimum atomic E-state index is 0.392. The summed E-state index contributed by atoms with van der Waals surface area (Å²) >= 11 is 0. The lowest BCUT2D eigenvalue weighted by molar-refractivity contribution is 0.528. The number of rotatable bonds is 2. The Kier molecular flexibility index (Phi) is 1.93. The molecule has 0 atom stereocenters. The maximum absolute atomic E-state index is 5.24. The highest BCUT2D eigenvalue weighted by atomic mass is 16.3. The van der Waals surface area contributed by atoms with Gasteiger partial charge in [-0.25, -0.2) is 0 Å². The van der Waals surface area contributed by atoms with Crippen LogP contribution in [-0.4, -0.2) is 9.78 Å². The van der Waals surface area contributed by atoms with Crippen molar-refractivity contribution in [1.82, 2.24) is 9.78 Å². The maximum Gasteiger partial charge on any atom is 0.154 e. The number of hydrogen-bond acceptors (Lipinski definition) is 2. The van der Waals surface area contributed by atoms with Gasteiger partial charge in [-0.15, -0.1) is 0 Å². The predicted molar refractivity (Wildman–Crippen MR) is 50.3 cm³/mol. The minimum Gasteiger partial charge on any atom is -0.463 e. The van der Waals surface area contributed by atoms with E-state index in [0.29, 0.717) is 6.04 Å².